The molecule has 0 aromatic heterocycles. The average Bonchev–Trinajstić information content (AvgIpc) is 2.39. The predicted molar refractivity (Wildman–Crippen MR) is 72.0 cm³/mol. The van der Waals surface area contributed by atoms with Crippen LogP contribution in [0.2, 0.25) is 0 Å². The van der Waals surface area contributed by atoms with Crippen LogP contribution in [-0.2, 0) is 0 Å². The molecule has 0 heterocycles. The van der Waals surface area contributed by atoms with Gasteiger partial charge in [-0.25, -0.2) is 0 Å². The first kappa shape index (κ1) is 12.7. The zero-order chi connectivity index (χ0) is 13.0. The van der Waals surface area contributed by atoms with Crippen LogP contribution in [0, 0.1) is 6.92 Å². The van der Waals surface area contributed by atoms with Crippen molar-refractivity contribution in [2.24, 2.45) is 0 Å². The Morgan fingerprint density at radius 3 is 2.94 bits per heavy atom. The molecular weight excluding hydrogens is 226 g/mol. The molecule has 1 N–H and O–H groups in total. The molecule has 2 rings (SSSR count). The molecule has 0 radical (unpaired) electrons. The van der Waals surface area contributed by atoms with Gasteiger partial charge in [-0.2, -0.15) is 0 Å². The predicted octanol–water partition coefficient (Wildman–Crippen LogP) is 2.84. The van der Waals surface area contributed by atoms with Gasteiger partial charge in [-0.05, 0) is 37.8 Å². The van der Waals surface area contributed by atoms with Crippen molar-refractivity contribution in [3.63, 3.8) is 0 Å². The number of methoxy groups -OCH3 is 1. The maximum atomic E-state index is 12.3. The monoisotopic (exact) mass is 245 g/mol. The first-order valence-corrected chi connectivity index (χ1v) is 6.33. The van der Waals surface area contributed by atoms with Gasteiger partial charge in [0.1, 0.15) is 5.75 Å². The molecule has 0 fully saturated rings. The van der Waals surface area contributed by atoms with Gasteiger partial charge in [0, 0.05) is 6.04 Å². The summed E-state index contributed by atoms with van der Waals surface area (Å²) in [7, 11) is 1.59. The second-order valence-electron chi connectivity index (χ2n) is 4.59. The number of carbonyl (C=O) groups is 1. The molecule has 1 aliphatic rings. The van der Waals surface area contributed by atoms with Gasteiger partial charge in [-0.15, -0.1) is 0 Å². The number of allylic oxidation sites excluding steroid dienone is 1. The smallest absolute Gasteiger partial charge is 0.255 e. The fraction of sp³-hybridized carbons (Fsp3) is 0.400. The molecule has 1 aromatic carbocycles. The molecule has 0 saturated heterocycles. The van der Waals surface area contributed by atoms with Gasteiger partial charge >= 0.3 is 0 Å². The highest BCUT2D eigenvalue weighted by molar-refractivity contribution is 5.98. The lowest BCUT2D eigenvalue weighted by Crippen LogP contribution is -2.34. The van der Waals surface area contributed by atoms with Crippen LogP contribution in [-0.4, -0.2) is 19.1 Å². The number of aryl methyl sites for hydroxylation is 1. The van der Waals surface area contributed by atoms with Gasteiger partial charge in [0.05, 0.1) is 12.7 Å². The molecule has 3 heteroatoms. The number of ether oxygens (including phenoxy) is 1. The Labute approximate surface area is 108 Å². The minimum Gasteiger partial charge on any atom is -0.496 e. The number of amides is 1. The lowest BCUT2D eigenvalue weighted by Gasteiger charge is -2.19. The number of rotatable bonds is 3. The maximum absolute atomic E-state index is 12.3. The van der Waals surface area contributed by atoms with Crippen LogP contribution in [0.25, 0.3) is 0 Å². The lowest BCUT2D eigenvalue weighted by molar-refractivity contribution is 0.0938. The van der Waals surface area contributed by atoms with Gasteiger partial charge in [0.15, 0.2) is 0 Å². The van der Waals surface area contributed by atoms with Crippen LogP contribution in [0.5, 0.6) is 5.75 Å². The van der Waals surface area contributed by atoms with Gasteiger partial charge in [0.2, 0.25) is 0 Å². The van der Waals surface area contributed by atoms with Gasteiger partial charge in [-0.3, -0.25) is 4.79 Å². The second kappa shape index (κ2) is 5.71. The van der Waals surface area contributed by atoms with E-state index in [-0.39, 0.29) is 11.9 Å². The molecule has 1 aromatic rings. The molecular formula is C15H19NO2. The fourth-order valence-corrected chi connectivity index (χ4v) is 2.28. The highest BCUT2D eigenvalue weighted by Crippen LogP contribution is 2.22. The van der Waals surface area contributed by atoms with Crippen molar-refractivity contribution in [1.29, 1.82) is 0 Å². The molecule has 96 valence electrons. The van der Waals surface area contributed by atoms with E-state index in [1.165, 1.54) is 0 Å². The Bertz CT molecular complexity index is 466. The van der Waals surface area contributed by atoms with E-state index in [4.69, 9.17) is 4.74 Å². The largest absolute Gasteiger partial charge is 0.496 e. The second-order valence-corrected chi connectivity index (χ2v) is 4.59. The van der Waals surface area contributed by atoms with Crippen molar-refractivity contribution in [3.8, 4) is 5.75 Å². The third-order valence-corrected chi connectivity index (χ3v) is 3.25. The Kier molecular flexibility index (Phi) is 4.03. The number of hydrogen-bond acceptors (Lipinski definition) is 2. The molecule has 0 aliphatic heterocycles. The van der Waals surface area contributed by atoms with Gasteiger partial charge < -0.3 is 10.1 Å². The van der Waals surface area contributed by atoms with E-state index < -0.39 is 0 Å². The molecule has 0 spiro atoms. The van der Waals surface area contributed by atoms with Crippen molar-refractivity contribution < 1.29 is 9.53 Å². The van der Waals surface area contributed by atoms with Crippen LogP contribution >= 0.6 is 0 Å². The van der Waals surface area contributed by atoms with Crippen LogP contribution < -0.4 is 10.1 Å². The van der Waals surface area contributed by atoms with E-state index in [0.29, 0.717) is 11.3 Å². The van der Waals surface area contributed by atoms with Crippen molar-refractivity contribution >= 4 is 5.91 Å². The topological polar surface area (TPSA) is 38.3 Å². The standard InChI is InChI=1S/C15H19NO2/c1-11-7-6-10-13(18-2)14(11)15(17)16-12-8-4-3-5-9-12/h4,6-8,10,12H,3,5,9H2,1-2H3,(H,16,17). The van der Waals surface area contributed by atoms with Crippen molar-refractivity contribution in [3.05, 3.63) is 41.5 Å². The summed E-state index contributed by atoms with van der Waals surface area (Å²) >= 11 is 0. The number of hydrogen-bond donors (Lipinski definition) is 1. The van der Waals surface area contributed by atoms with Gasteiger partial charge in [0.25, 0.3) is 5.91 Å². The Morgan fingerprint density at radius 1 is 1.44 bits per heavy atom. The molecule has 1 aliphatic carbocycles. The molecule has 1 unspecified atom stereocenters. The molecule has 0 saturated carbocycles. The maximum Gasteiger partial charge on any atom is 0.255 e. The summed E-state index contributed by atoms with van der Waals surface area (Å²) in [6, 6.07) is 5.79. The average molecular weight is 245 g/mol. The van der Waals surface area contributed by atoms with Crippen molar-refractivity contribution in [1.82, 2.24) is 5.32 Å². The molecule has 1 atom stereocenters. The van der Waals surface area contributed by atoms with Crippen molar-refractivity contribution in [2.75, 3.05) is 7.11 Å². The summed E-state index contributed by atoms with van der Waals surface area (Å²) in [6.45, 7) is 1.92. The SMILES string of the molecule is COc1cccc(C)c1C(=O)NC1C=CCCC1. The van der Waals surface area contributed by atoms with Crippen LogP contribution in [0.1, 0.15) is 35.2 Å². The minimum atomic E-state index is -0.0542. The summed E-state index contributed by atoms with van der Waals surface area (Å²) in [5.74, 6) is 0.578. The number of carbonyl (C=O) groups excluding carboxylic acids is 1. The van der Waals surface area contributed by atoms with E-state index in [9.17, 15) is 4.79 Å². The highest BCUT2D eigenvalue weighted by Gasteiger charge is 2.18. The first-order chi connectivity index (χ1) is 8.72. The zero-order valence-electron chi connectivity index (χ0n) is 10.9. The number of nitrogens with one attached hydrogen (secondary N) is 1. The lowest BCUT2D eigenvalue weighted by atomic mass is 10.0. The van der Waals surface area contributed by atoms with Crippen LogP contribution in [0.15, 0.2) is 30.4 Å². The van der Waals surface area contributed by atoms with Crippen molar-refractivity contribution in [2.45, 2.75) is 32.2 Å². The Balaban J connectivity index is 2.17. The molecule has 18 heavy (non-hydrogen) atoms. The molecule has 3 nitrogen and oxygen atoms in total. The normalized spacial score (nSPS) is 18.4. The fourth-order valence-electron chi connectivity index (χ4n) is 2.28. The summed E-state index contributed by atoms with van der Waals surface area (Å²) in [5, 5.41) is 3.04. The van der Waals surface area contributed by atoms with E-state index in [0.717, 1.165) is 24.8 Å². The van der Waals surface area contributed by atoms with E-state index >= 15 is 0 Å². The third-order valence-electron chi connectivity index (χ3n) is 3.25. The zero-order valence-corrected chi connectivity index (χ0v) is 10.9. The van der Waals surface area contributed by atoms with Crippen LogP contribution in [0.3, 0.4) is 0 Å². The molecule has 1 amide bonds. The van der Waals surface area contributed by atoms with E-state index in [1.807, 2.05) is 25.1 Å². The van der Waals surface area contributed by atoms with Gasteiger partial charge in [-0.1, -0.05) is 24.3 Å². The van der Waals surface area contributed by atoms with E-state index in [2.05, 4.69) is 17.5 Å². The summed E-state index contributed by atoms with van der Waals surface area (Å²) in [5.41, 5.74) is 1.57. The minimum absolute atomic E-state index is 0.0542. The van der Waals surface area contributed by atoms with Crippen LogP contribution in [0.4, 0.5) is 0 Å². The summed E-state index contributed by atoms with van der Waals surface area (Å²) in [6.07, 6.45) is 7.46. The summed E-state index contributed by atoms with van der Waals surface area (Å²) in [4.78, 5) is 12.3. The van der Waals surface area contributed by atoms with E-state index in [1.54, 1.807) is 7.11 Å². The third kappa shape index (κ3) is 2.73. The summed E-state index contributed by atoms with van der Waals surface area (Å²) < 4.78 is 5.26. The highest BCUT2D eigenvalue weighted by atomic mass is 16.5. The Morgan fingerprint density at radius 2 is 2.28 bits per heavy atom. The quantitative estimate of drug-likeness (QED) is 0.832. The molecule has 0 bridgehead atoms. The number of benzene rings is 1. The Hall–Kier alpha value is -1.77. The first-order valence-electron chi connectivity index (χ1n) is 6.33.